The lowest BCUT2D eigenvalue weighted by molar-refractivity contribution is -0.562. The number of halogens is 1. The van der Waals surface area contributed by atoms with Crippen molar-refractivity contribution in [3.05, 3.63) is 39.5 Å². The first kappa shape index (κ1) is 19.3. The van der Waals surface area contributed by atoms with Crippen LogP contribution in [0.2, 0.25) is 0 Å². The number of nitrogens with zero attached hydrogens (tertiary/aromatic N) is 1. The van der Waals surface area contributed by atoms with Gasteiger partial charge < -0.3 is 28.9 Å². The van der Waals surface area contributed by atoms with Crippen LogP contribution in [0, 0.1) is 5.21 Å². The molecule has 27 heavy (non-hydrogen) atoms. The zero-order valence-corrected chi connectivity index (χ0v) is 17.3. The summed E-state index contributed by atoms with van der Waals surface area (Å²) in [5, 5.41) is 12.9. The number of hydrogen-bond acceptors (Lipinski definition) is 6. The van der Waals surface area contributed by atoms with E-state index in [2.05, 4.69) is 15.9 Å². The number of hydrogen-bond donors (Lipinski definition) is 0. The molecule has 3 saturated heterocycles. The molecule has 1 aromatic carbocycles. The van der Waals surface area contributed by atoms with Crippen molar-refractivity contribution in [2.45, 2.75) is 69.9 Å². The van der Waals surface area contributed by atoms with E-state index >= 15 is 0 Å². The molecule has 8 heteroatoms. The van der Waals surface area contributed by atoms with Crippen molar-refractivity contribution in [1.82, 2.24) is 0 Å². The van der Waals surface area contributed by atoms with E-state index < -0.39 is 36.1 Å². The molecule has 0 aromatic heterocycles. The standard InChI is InChI=1S/C19H24BrNO6/c1-18(2)23-10-13(25-18)14-15-16(27-19(3,4)26-15)17(24-14)21(22)9-11-5-7-12(20)8-6-11/h5-9,13-17H,10H2,1-4H3/b21-9-/t13-,14-,15+,16+,17-/m1/s1. The van der Waals surface area contributed by atoms with Gasteiger partial charge in [0, 0.05) is 10.0 Å². The van der Waals surface area contributed by atoms with Crippen LogP contribution in [0.15, 0.2) is 28.7 Å². The third-order valence-corrected chi connectivity index (χ3v) is 5.39. The van der Waals surface area contributed by atoms with Crippen LogP contribution in [0.25, 0.3) is 0 Å². The van der Waals surface area contributed by atoms with Gasteiger partial charge in [0.05, 0.1) is 6.61 Å². The Bertz CT molecular complexity index is 734. The molecule has 3 aliphatic heterocycles. The Morgan fingerprint density at radius 2 is 1.67 bits per heavy atom. The summed E-state index contributed by atoms with van der Waals surface area (Å²) in [7, 11) is 0. The molecule has 7 nitrogen and oxygen atoms in total. The van der Waals surface area contributed by atoms with E-state index in [4.69, 9.17) is 23.7 Å². The molecule has 0 spiro atoms. The Balaban J connectivity index is 1.58. The fourth-order valence-electron chi connectivity index (χ4n) is 3.76. The summed E-state index contributed by atoms with van der Waals surface area (Å²) in [4.78, 5) is 0. The second-order valence-electron chi connectivity index (χ2n) is 7.96. The highest BCUT2D eigenvalue weighted by molar-refractivity contribution is 9.10. The minimum atomic E-state index is -0.822. The van der Waals surface area contributed by atoms with Gasteiger partial charge in [-0.25, -0.2) is 0 Å². The number of ether oxygens (including phenoxy) is 5. The van der Waals surface area contributed by atoms with Gasteiger partial charge >= 0.3 is 0 Å². The molecular formula is C19H24BrNO6. The summed E-state index contributed by atoms with van der Waals surface area (Å²) in [6, 6.07) is 7.46. The van der Waals surface area contributed by atoms with Crippen LogP contribution < -0.4 is 0 Å². The van der Waals surface area contributed by atoms with Crippen molar-refractivity contribution in [3.63, 3.8) is 0 Å². The highest BCUT2D eigenvalue weighted by Gasteiger charge is 2.62. The van der Waals surface area contributed by atoms with Crippen LogP contribution >= 0.6 is 15.9 Å². The average molecular weight is 442 g/mol. The van der Waals surface area contributed by atoms with Crippen molar-refractivity contribution in [2.24, 2.45) is 0 Å². The van der Waals surface area contributed by atoms with Gasteiger partial charge in [0.1, 0.15) is 18.3 Å². The SMILES string of the molecule is CC1(C)O[C@@H]2[C@H](O1)[C@H](/[N+]([O-])=C/c1ccc(Br)cc1)O[C@@H]2[C@H]1COC(C)(C)O1. The lowest BCUT2D eigenvalue weighted by Gasteiger charge is -2.26. The minimum Gasteiger partial charge on any atom is -0.622 e. The molecule has 0 unspecified atom stereocenters. The van der Waals surface area contributed by atoms with E-state index in [-0.39, 0.29) is 6.10 Å². The van der Waals surface area contributed by atoms with Crippen LogP contribution in [0.4, 0.5) is 0 Å². The third kappa shape index (κ3) is 3.92. The van der Waals surface area contributed by atoms with Gasteiger partial charge in [-0.2, -0.15) is 4.74 Å². The zero-order valence-electron chi connectivity index (χ0n) is 15.8. The first-order chi connectivity index (χ1) is 12.6. The lowest BCUT2D eigenvalue weighted by Crippen LogP contribution is -2.40. The maximum atomic E-state index is 12.9. The van der Waals surface area contributed by atoms with Gasteiger partial charge in [-0.05, 0) is 52.0 Å². The Labute approximate surface area is 166 Å². The smallest absolute Gasteiger partial charge is 0.297 e. The molecule has 0 aliphatic carbocycles. The summed E-state index contributed by atoms with van der Waals surface area (Å²) in [5.74, 6) is -1.47. The van der Waals surface area contributed by atoms with Crippen molar-refractivity contribution in [2.75, 3.05) is 6.61 Å². The molecular weight excluding hydrogens is 418 g/mol. The molecule has 0 radical (unpaired) electrons. The molecule has 3 aliphatic rings. The van der Waals surface area contributed by atoms with Crippen molar-refractivity contribution in [1.29, 1.82) is 0 Å². The van der Waals surface area contributed by atoms with Gasteiger partial charge in [-0.15, -0.1) is 0 Å². The fraction of sp³-hybridized carbons (Fsp3) is 0.632. The normalized spacial score (nSPS) is 37.5. The Morgan fingerprint density at radius 1 is 1.00 bits per heavy atom. The maximum Gasteiger partial charge on any atom is 0.297 e. The predicted octanol–water partition coefficient (Wildman–Crippen LogP) is 2.77. The van der Waals surface area contributed by atoms with Gasteiger partial charge in [0.15, 0.2) is 23.9 Å². The second-order valence-corrected chi connectivity index (χ2v) is 8.88. The van der Waals surface area contributed by atoms with Gasteiger partial charge in [0.2, 0.25) is 0 Å². The summed E-state index contributed by atoms with van der Waals surface area (Å²) < 4.78 is 31.5. The van der Waals surface area contributed by atoms with Crippen molar-refractivity contribution < 1.29 is 28.4 Å². The van der Waals surface area contributed by atoms with E-state index in [1.54, 1.807) is 0 Å². The quantitative estimate of drug-likeness (QED) is 0.310. The van der Waals surface area contributed by atoms with E-state index in [1.807, 2.05) is 52.0 Å². The molecule has 0 amide bonds. The molecule has 3 fully saturated rings. The monoisotopic (exact) mass is 441 g/mol. The van der Waals surface area contributed by atoms with E-state index in [0.717, 1.165) is 14.8 Å². The molecule has 0 bridgehead atoms. The molecule has 0 saturated carbocycles. The second kappa shape index (κ2) is 6.79. The summed E-state index contributed by atoms with van der Waals surface area (Å²) in [5.41, 5.74) is 0.775. The van der Waals surface area contributed by atoms with Crippen LogP contribution in [0.5, 0.6) is 0 Å². The van der Waals surface area contributed by atoms with Gasteiger partial charge in [-0.3, -0.25) is 0 Å². The highest BCUT2D eigenvalue weighted by Crippen LogP contribution is 2.42. The maximum absolute atomic E-state index is 12.9. The van der Waals surface area contributed by atoms with E-state index in [0.29, 0.717) is 6.61 Å². The molecule has 148 valence electrons. The molecule has 3 heterocycles. The third-order valence-electron chi connectivity index (χ3n) is 4.86. The summed E-state index contributed by atoms with van der Waals surface area (Å²) in [6.07, 6.45) is -1.00. The molecule has 1 aromatic rings. The van der Waals surface area contributed by atoms with E-state index in [9.17, 15) is 5.21 Å². The van der Waals surface area contributed by atoms with Crippen molar-refractivity contribution in [3.8, 4) is 0 Å². The number of rotatable bonds is 3. The largest absolute Gasteiger partial charge is 0.622 e. The number of benzene rings is 1. The predicted molar refractivity (Wildman–Crippen MR) is 100 cm³/mol. The minimum absolute atomic E-state index is 0.323. The van der Waals surface area contributed by atoms with Gasteiger partial charge in [0.25, 0.3) is 6.23 Å². The summed E-state index contributed by atoms with van der Waals surface area (Å²) in [6.45, 7) is 7.76. The fourth-order valence-corrected chi connectivity index (χ4v) is 4.02. The van der Waals surface area contributed by atoms with Crippen LogP contribution in [0.1, 0.15) is 33.3 Å². The highest BCUT2D eigenvalue weighted by atomic mass is 79.9. The molecule has 5 atom stereocenters. The molecule has 4 rings (SSSR count). The van der Waals surface area contributed by atoms with Crippen LogP contribution in [0.3, 0.4) is 0 Å². The number of fused-ring (bicyclic) bond motifs is 1. The zero-order chi connectivity index (χ0) is 19.4. The lowest BCUT2D eigenvalue weighted by atomic mass is 10.1. The summed E-state index contributed by atoms with van der Waals surface area (Å²) >= 11 is 3.39. The topological polar surface area (TPSA) is 72.2 Å². The molecule has 0 N–H and O–H groups in total. The Hall–Kier alpha value is -1.03. The first-order valence-electron chi connectivity index (χ1n) is 9.02. The Kier molecular flexibility index (Phi) is 4.85. The first-order valence-corrected chi connectivity index (χ1v) is 9.82. The van der Waals surface area contributed by atoms with Crippen molar-refractivity contribution >= 4 is 22.1 Å². The van der Waals surface area contributed by atoms with Crippen LogP contribution in [-0.4, -0.2) is 59.8 Å². The average Bonchev–Trinajstić information content (AvgIpc) is 3.19. The number of hydroxylamine groups is 1. The van der Waals surface area contributed by atoms with Crippen LogP contribution in [-0.2, 0) is 23.7 Å². The van der Waals surface area contributed by atoms with E-state index in [1.165, 1.54) is 6.21 Å². The Morgan fingerprint density at radius 3 is 2.30 bits per heavy atom. The van der Waals surface area contributed by atoms with Gasteiger partial charge in [-0.1, -0.05) is 15.9 Å².